The Morgan fingerprint density at radius 2 is 1.80 bits per heavy atom. The highest BCUT2D eigenvalue weighted by atomic mass is 32.2. The van der Waals surface area contributed by atoms with Crippen molar-refractivity contribution < 1.29 is 13.2 Å². The molecule has 0 aromatic heterocycles. The normalized spacial score (nSPS) is 11.3. The maximum absolute atomic E-state index is 11.0. The van der Waals surface area contributed by atoms with Crippen molar-refractivity contribution in [2.45, 2.75) is 13.5 Å². The molecule has 1 aromatic carbocycles. The molecule has 0 radical (unpaired) electrons. The molecule has 5 heteroatoms. The number of carbonyl (C=O) groups is 1. The standard InChI is InChI=1S/C10H13NO3S/c1-8(12)10-5-3-9(4-6-10)7-11-15(2,13)14/h3-6,11H,7H2,1-2H3. The Morgan fingerprint density at radius 3 is 2.20 bits per heavy atom. The second kappa shape index (κ2) is 4.55. The molecule has 0 atom stereocenters. The van der Waals surface area contributed by atoms with Gasteiger partial charge in [-0.15, -0.1) is 0 Å². The predicted octanol–water partition coefficient (Wildman–Crippen LogP) is 0.938. The predicted molar refractivity (Wildman–Crippen MR) is 58.1 cm³/mol. The van der Waals surface area contributed by atoms with E-state index in [4.69, 9.17) is 0 Å². The number of ketones is 1. The first-order valence-corrected chi connectivity index (χ1v) is 6.32. The molecule has 4 nitrogen and oxygen atoms in total. The summed E-state index contributed by atoms with van der Waals surface area (Å²) in [5.41, 5.74) is 1.45. The summed E-state index contributed by atoms with van der Waals surface area (Å²) in [6.45, 7) is 1.74. The van der Waals surface area contributed by atoms with E-state index in [0.717, 1.165) is 11.8 Å². The molecule has 0 heterocycles. The van der Waals surface area contributed by atoms with Crippen LogP contribution in [0.2, 0.25) is 0 Å². The highest BCUT2D eigenvalue weighted by Gasteiger charge is 2.02. The van der Waals surface area contributed by atoms with E-state index in [1.165, 1.54) is 6.92 Å². The van der Waals surface area contributed by atoms with Gasteiger partial charge >= 0.3 is 0 Å². The van der Waals surface area contributed by atoms with Gasteiger partial charge < -0.3 is 0 Å². The molecule has 0 saturated heterocycles. The number of sulfonamides is 1. The lowest BCUT2D eigenvalue weighted by molar-refractivity contribution is 0.101. The number of hydrogen-bond donors (Lipinski definition) is 1. The van der Waals surface area contributed by atoms with Gasteiger partial charge in [0.25, 0.3) is 0 Å². The van der Waals surface area contributed by atoms with Crippen LogP contribution in [0.3, 0.4) is 0 Å². The minimum absolute atomic E-state index is 0.00220. The van der Waals surface area contributed by atoms with Crippen LogP contribution in [0.4, 0.5) is 0 Å². The Labute approximate surface area is 89.4 Å². The second-order valence-electron chi connectivity index (χ2n) is 3.35. The molecule has 1 rings (SSSR count). The van der Waals surface area contributed by atoms with E-state index in [2.05, 4.69) is 4.72 Å². The zero-order valence-corrected chi connectivity index (χ0v) is 9.47. The highest BCUT2D eigenvalue weighted by Crippen LogP contribution is 2.05. The van der Waals surface area contributed by atoms with Crippen LogP contribution in [0.1, 0.15) is 22.8 Å². The molecular weight excluding hydrogens is 214 g/mol. The second-order valence-corrected chi connectivity index (χ2v) is 5.18. The van der Waals surface area contributed by atoms with E-state index in [-0.39, 0.29) is 12.3 Å². The SMILES string of the molecule is CC(=O)c1ccc(CNS(C)(=O)=O)cc1. The Balaban J connectivity index is 2.69. The van der Waals surface area contributed by atoms with Gasteiger partial charge in [0.2, 0.25) is 10.0 Å². The van der Waals surface area contributed by atoms with Crippen molar-refractivity contribution in [1.29, 1.82) is 0 Å². The zero-order chi connectivity index (χ0) is 11.5. The minimum Gasteiger partial charge on any atom is -0.295 e. The topological polar surface area (TPSA) is 63.2 Å². The first-order valence-electron chi connectivity index (χ1n) is 4.43. The summed E-state index contributed by atoms with van der Waals surface area (Å²) in [7, 11) is -3.17. The summed E-state index contributed by atoms with van der Waals surface area (Å²) in [5, 5.41) is 0. The molecule has 0 amide bonds. The van der Waals surface area contributed by atoms with Gasteiger partial charge in [-0.05, 0) is 12.5 Å². The van der Waals surface area contributed by atoms with Crippen LogP contribution < -0.4 is 4.72 Å². The minimum atomic E-state index is -3.17. The van der Waals surface area contributed by atoms with E-state index >= 15 is 0 Å². The molecule has 0 aliphatic heterocycles. The molecule has 0 unspecified atom stereocenters. The third-order valence-electron chi connectivity index (χ3n) is 1.90. The molecule has 1 N–H and O–H groups in total. The van der Waals surface area contributed by atoms with Crippen LogP contribution in [0, 0.1) is 0 Å². The Hall–Kier alpha value is -1.20. The number of Topliss-reactive ketones (excluding diaryl/α,β-unsaturated/α-hetero) is 1. The Kier molecular flexibility index (Phi) is 3.60. The van der Waals surface area contributed by atoms with E-state index < -0.39 is 10.0 Å². The maximum atomic E-state index is 11.0. The van der Waals surface area contributed by atoms with Crippen LogP contribution in [0.25, 0.3) is 0 Å². The van der Waals surface area contributed by atoms with Gasteiger partial charge in [0.15, 0.2) is 5.78 Å². The van der Waals surface area contributed by atoms with E-state index in [1.54, 1.807) is 24.3 Å². The van der Waals surface area contributed by atoms with Crippen molar-refractivity contribution in [3.8, 4) is 0 Å². The molecule has 0 spiro atoms. The Bertz CT molecular complexity index is 448. The van der Waals surface area contributed by atoms with Crippen molar-refractivity contribution in [3.05, 3.63) is 35.4 Å². The van der Waals surface area contributed by atoms with Crippen molar-refractivity contribution >= 4 is 15.8 Å². The smallest absolute Gasteiger partial charge is 0.209 e. The molecule has 15 heavy (non-hydrogen) atoms. The van der Waals surface area contributed by atoms with Crippen LogP contribution in [0.15, 0.2) is 24.3 Å². The molecule has 0 aliphatic rings. The number of hydrogen-bond acceptors (Lipinski definition) is 3. The molecule has 0 bridgehead atoms. The summed E-state index contributed by atoms with van der Waals surface area (Å²) in [6.07, 6.45) is 1.11. The first-order chi connectivity index (χ1) is 6.88. The van der Waals surface area contributed by atoms with Crippen molar-refractivity contribution in [2.75, 3.05) is 6.26 Å². The number of carbonyl (C=O) groups excluding carboxylic acids is 1. The lowest BCUT2D eigenvalue weighted by Gasteiger charge is -2.03. The lowest BCUT2D eigenvalue weighted by Crippen LogP contribution is -2.21. The fourth-order valence-electron chi connectivity index (χ4n) is 1.07. The van der Waals surface area contributed by atoms with E-state index in [9.17, 15) is 13.2 Å². The average Bonchev–Trinajstić information content (AvgIpc) is 2.14. The monoisotopic (exact) mass is 227 g/mol. The van der Waals surface area contributed by atoms with Gasteiger partial charge in [0.05, 0.1) is 6.26 Å². The first kappa shape index (κ1) is 11.9. The highest BCUT2D eigenvalue weighted by molar-refractivity contribution is 7.88. The van der Waals surface area contributed by atoms with Crippen molar-refractivity contribution in [2.24, 2.45) is 0 Å². The van der Waals surface area contributed by atoms with Gasteiger partial charge in [0, 0.05) is 12.1 Å². The average molecular weight is 227 g/mol. The summed E-state index contributed by atoms with van der Waals surface area (Å²) in [4.78, 5) is 11.0. The summed E-state index contributed by atoms with van der Waals surface area (Å²) in [5.74, 6) is -0.00220. The molecule has 0 fully saturated rings. The molecule has 0 aliphatic carbocycles. The van der Waals surface area contributed by atoms with Gasteiger partial charge in [-0.25, -0.2) is 13.1 Å². The van der Waals surface area contributed by atoms with Crippen molar-refractivity contribution in [3.63, 3.8) is 0 Å². The van der Waals surface area contributed by atoms with Crippen LogP contribution >= 0.6 is 0 Å². The zero-order valence-electron chi connectivity index (χ0n) is 8.65. The molecule has 0 saturated carbocycles. The summed E-state index contributed by atoms with van der Waals surface area (Å²) in [6, 6.07) is 6.83. The van der Waals surface area contributed by atoms with Gasteiger partial charge in [-0.2, -0.15) is 0 Å². The molecule has 82 valence electrons. The van der Waals surface area contributed by atoms with Crippen LogP contribution in [-0.2, 0) is 16.6 Å². The van der Waals surface area contributed by atoms with Crippen LogP contribution in [0.5, 0.6) is 0 Å². The number of nitrogens with one attached hydrogen (secondary N) is 1. The van der Waals surface area contributed by atoms with Gasteiger partial charge in [0.1, 0.15) is 0 Å². The van der Waals surface area contributed by atoms with E-state index in [1.807, 2.05) is 0 Å². The number of benzene rings is 1. The third kappa shape index (κ3) is 4.22. The summed E-state index contributed by atoms with van der Waals surface area (Å²) < 4.78 is 24.0. The summed E-state index contributed by atoms with van der Waals surface area (Å²) >= 11 is 0. The lowest BCUT2D eigenvalue weighted by atomic mass is 10.1. The molecule has 1 aromatic rings. The van der Waals surface area contributed by atoms with Crippen LogP contribution in [-0.4, -0.2) is 20.5 Å². The Morgan fingerprint density at radius 1 is 1.27 bits per heavy atom. The van der Waals surface area contributed by atoms with Crippen molar-refractivity contribution in [1.82, 2.24) is 4.72 Å². The third-order valence-corrected chi connectivity index (χ3v) is 2.57. The number of rotatable bonds is 4. The van der Waals surface area contributed by atoms with Gasteiger partial charge in [-0.3, -0.25) is 4.79 Å². The fourth-order valence-corrected chi connectivity index (χ4v) is 1.50. The van der Waals surface area contributed by atoms with Gasteiger partial charge in [-0.1, -0.05) is 24.3 Å². The largest absolute Gasteiger partial charge is 0.295 e. The quantitative estimate of drug-likeness (QED) is 0.778. The maximum Gasteiger partial charge on any atom is 0.209 e. The molecular formula is C10H13NO3S. The van der Waals surface area contributed by atoms with E-state index in [0.29, 0.717) is 5.56 Å². The fraction of sp³-hybridized carbons (Fsp3) is 0.300.